The summed E-state index contributed by atoms with van der Waals surface area (Å²) >= 11 is 0. The number of hydrogen-bond acceptors (Lipinski definition) is 8. The number of imidazole rings is 1. The lowest BCUT2D eigenvalue weighted by molar-refractivity contribution is -0.384. The van der Waals surface area contributed by atoms with E-state index in [9.17, 15) is 20.3 Å². The number of aliphatic hydroxyl groups is 2. The molecule has 10 heteroatoms. The Morgan fingerprint density at radius 1 is 0.825 bits per heavy atom. The van der Waals surface area contributed by atoms with Gasteiger partial charge in [-0.25, -0.2) is 4.98 Å². The van der Waals surface area contributed by atoms with Crippen molar-refractivity contribution in [3.8, 4) is 11.4 Å². The Morgan fingerprint density at radius 3 is 2.05 bits per heavy atom. The molecule has 5 aromatic rings. The van der Waals surface area contributed by atoms with Crippen LogP contribution in [0.1, 0.15) is 5.56 Å². The van der Waals surface area contributed by atoms with E-state index in [0.29, 0.717) is 42.4 Å². The van der Waals surface area contributed by atoms with E-state index in [0.717, 1.165) is 22.3 Å². The first-order valence-corrected chi connectivity index (χ1v) is 12.8. The van der Waals surface area contributed by atoms with Gasteiger partial charge >= 0.3 is 0 Å². The molecule has 0 aliphatic carbocycles. The van der Waals surface area contributed by atoms with Gasteiger partial charge in [-0.1, -0.05) is 30.3 Å². The molecule has 0 atom stereocenters. The fourth-order valence-electron chi connectivity index (χ4n) is 4.51. The van der Waals surface area contributed by atoms with Gasteiger partial charge in [-0.15, -0.1) is 0 Å². The summed E-state index contributed by atoms with van der Waals surface area (Å²) in [6, 6.07) is 29.7. The Bertz CT molecular complexity index is 1610. The maximum Gasteiger partial charge on any atom is 0.271 e. The number of nitro benzene ring substituents is 1. The minimum absolute atomic E-state index is 0.0000965. The smallest absolute Gasteiger partial charge is 0.271 e. The molecular weight excluding hydrogens is 508 g/mol. The average Bonchev–Trinajstić information content (AvgIpc) is 3.34. The summed E-state index contributed by atoms with van der Waals surface area (Å²) < 4.78 is 2.06. The van der Waals surface area contributed by atoms with Crippen LogP contribution in [0.15, 0.2) is 107 Å². The molecule has 4 aromatic carbocycles. The normalized spacial score (nSPS) is 11.3. The fraction of sp³-hybridized carbons (Fsp3) is 0.167. The molecule has 0 fully saturated rings. The van der Waals surface area contributed by atoms with Crippen molar-refractivity contribution in [3.05, 3.63) is 113 Å². The predicted octanol–water partition coefficient (Wildman–Crippen LogP) is 5.87. The van der Waals surface area contributed by atoms with Crippen LogP contribution < -0.4 is 4.90 Å². The quantitative estimate of drug-likeness (QED) is 0.123. The molecule has 202 valence electrons. The number of hydrogen-bond donors (Lipinski definition) is 2. The zero-order valence-electron chi connectivity index (χ0n) is 21.7. The van der Waals surface area contributed by atoms with Gasteiger partial charge in [-0.3, -0.25) is 10.1 Å². The number of azo groups is 1. The lowest BCUT2D eigenvalue weighted by Crippen LogP contribution is -2.29. The third-order valence-corrected chi connectivity index (χ3v) is 6.49. The van der Waals surface area contributed by atoms with Gasteiger partial charge < -0.3 is 19.7 Å². The Labute approximate surface area is 230 Å². The van der Waals surface area contributed by atoms with E-state index in [2.05, 4.69) is 14.8 Å². The lowest BCUT2D eigenvalue weighted by Gasteiger charge is -2.22. The van der Waals surface area contributed by atoms with Crippen LogP contribution in [0.4, 0.5) is 22.7 Å². The molecule has 0 bridgehead atoms. The minimum atomic E-state index is -0.414. The molecular formula is C30H28N6O4. The number of benzene rings is 4. The molecule has 0 saturated heterocycles. The summed E-state index contributed by atoms with van der Waals surface area (Å²) in [6.07, 6.45) is 0. The van der Waals surface area contributed by atoms with Crippen molar-refractivity contribution in [3.63, 3.8) is 0 Å². The number of fused-ring (bicyclic) bond motifs is 1. The van der Waals surface area contributed by atoms with Gasteiger partial charge in [-0.2, -0.15) is 10.2 Å². The fourth-order valence-corrected chi connectivity index (χ4v) is 4.51. The molecule has 0 amide bonds. The Balaban J connectivity index is 1.40. The molecule has 0 aliphatic rings. The standard InChI is InChI=1S/C30H28N6O4/c37-18-16-34(17-19-38)26-12-10-25(11-13-26)33-32-24-8-6-23(7-9-24)30-31-28-20-27(36(39)40)14-15-29(28)35(30)21-22-4-2-1-3-5-22/h1-15,20,37-38H,16-19,21H2. The number of aromatic nitrogens is 2. The number of anilines is 1. The first-order valence-electron chi connectivity index (χ1n) is 12.8. The number of nitrogens with zero attached hydrogens (tertiary/aromatic N) is 6. The van der Waals surface area contributed by atoms with Crippen LogP contribution >= 0.6 is 0 Å². The molecule has 1 heterocycles. The highest BCUT2D eigenvalue weighted by molar-refractivity contribution is 5.83. The van der Waals surface area contributed by atoms with E-state index in [4.69, 9.17) is 4.98 Å². The predicted molar refractivity (Wildman–Crippen MR) is 154 cm³/mol. The number of nitro groups is 1. The summed E-state index contributed by atoms with van der Waals surface area (Å²) in [6.45, 7) is 1.43. The van der Waals surface area contributed by atoms with Crippen LogP contribution in [-0.2, 0) is 6.54 Å². The second-order valence-corrected chi connectivity index (χ2v) is 9.13. The molecule has 0 aliphatic heterocycles. The molecule has 1 aromatic heterocycles. The molecule has 0 unspecified atom stereocenters. The van der Waals surface area contributed by atoms with E-state index in [1.54, 1.807) is 6.07 Å². The SMILES string of the molecule is O=[N+]([O-])c1ccc2c(c1)nc(-c1ccc(N=Nc3ccc(N(CCO)CCO)cc3)cc1)n2Cc1ccccc1. The number of aliphatic hydroxyl groups excluding tert-OH is 2. The van der Waals surface area contributed by atoms with Gasteiger partial charge in [0, 0.05) is 43.0 Å². The number of non-ortho nitro benzene ring substituents is 1. The van der Waals surface area contributed by atoms with E-state index in [-0.39, 0.29) is 18.9 Å². The van der Waals surface area contributed by atoms with Crippen LogP contribution in [0, 0.1) is 10.1 Å². The maximum absolute atomic E-state index is 11.3. The summed E-state index contributed by atoms with van der Waals surface area (Å²) in [5.74, 6) is 0.703. The monoisotopic (exact) mass is 536 g/mol. The van der Waals surface area contributed by atoms with Crippen molar-refractivity contribution < 1.29 is 15.1 Å². The van der Waals surface area contributed by atoms with Crippen molar-refractivity contribution in [1.29, 1.82) is 0 Å². The molecule has 0 spiro atoms. The van der Waals surface area contributed by atoms with Gasteiger partial charge in [0.25, 0.3) is 5.69 Å². The van der Waals surface area contributed by atoms with Crippen molar-refractivity contribution in [2.45, 2.75) is 6.54 Å². The zero-order valence-corrected chi connectivity index (χ0v) is 21.7. The van der Waals surface area contributed by atoms with E-state index < -0.39 is 4.92 Å². The summed E-state index contributed by atoms with van der Waals surface area (Å²) in [5.41, 5.74) is 5.54. The largest absolute Gasteiger partial charge is 0.395 e. The van der Waals surface area contributed by atoms with Gasteiger partial charge in [0.15, 0.2) is 0 Å². The molecule has 5 rings (SSSR count). The zero-order chi connectivity index (χ0) is 27.9. The summed E-state index contributed by atoms with van der Waals surface area (Å²) in [4.78, 5) is 17.6. The Morgan fingerprint density at radius 2 is 1.45 bits per heavy atom. The maximum atomic E-state index is 11.3. The van der Waals surface area contributed by atoms with E-state index >= 15 is 0 Å². The van der Waals surface area contributed by atoms with Crippen molar-refractivity contribution >= 4 is 33.8 Å². The average molecular weight is 537 g/mol. The van der Waals surface area contributed by atoms with E-state index in [1.807, 2.05) is 83.8 Å². The number of rotatable bonds is 11. The highest BCUT2D eigenvalue weighted by Gasteiger charge is 2.16. The van der Waals surface area contributed by atoms with Gasteiger partial charge in [0.2, 0.25) is 0 Å². The summed E-state index contributed by atoms with van der Waals surface area (Å²) in [5, 5.41) is 38.5. The topological polar surface area (TPSA) is 129 Å². The van der Waals surface area contributed by atoms with Gasteiger partial charge in [0.1, 0.15) is 5.82 Å². The molecule has 40 heavy (non-hydrogen) atoms. The second-order valence-electron chi connectivity index (χ2n) is 9.13. The van der Waals surface area contributed by atoms with E-state index in [1.165, 1.54) is 12.1 Å². The third kappa shape index (κ3) is 6.04. The van der Waals surface area contributed by atoms with Crippen LogP contribution in [0.25, 0.3) is 22.4 Å². The van der Waals surface area contributed by atoms with Gasteiger partial charge in [-0.05, 0) is 60.2 Å². The lowest BCUT2D eigenvalue weighted by atomic mass is 10.1. The first kappa shape index (κ1) is 26.7. The van der Waals surface area contributed by atoms with Crippen LogP contribution in [0.5, 0.6) is 0 Å². The Kier molecular flexibility index (Phi) is 8.19. The molecule has 2 N–H and O–H groups in total. The highest BCUT2D eigenvalue weighted by atomic mass is 16.6. The van der Waals surface area contributed by atoms with Crippen LogP contribution in [-0.4, -0.2) is 51.0 Å². The van der Waals surface area contributed by atoms with Crippen molar-refractivity contribution in [2.75, 3.05) is 31.2 Å². The van der Waals surface area contributed by atoms with Crippen LogP contribution in [0.2, 0.25) is 0 Å². The van der Waals surface area contributed by atoms with Crippen molar-refractivity contribution in [1.82, 2.24) is 9.55 Å². The van der Waals surface area contributed by atoms with Crippen molar-refractivity contribution in [2.24, 2.45) is 10.2 Å². The molecule has 0 saturated carbocycles. The summed E-state index contributed by atoms with van der Waals surface area (Å²) in [7, 11) is 0. The van der Waals surface area contributed by atoms with Crippen LogP contribution in [0.3, 0.4) is 0 Å². The second kappa shape index (κ2) is 12.3. The highest BCUT2D eigenvalue weighted by Crippen LogP contribution is 2.30. The Hall–Kier alpha value is -4.93. The van der Waals surface area contributed by atoms with Gasteiger partial charge in [0.05, 0.1) is 40.5 Å². The molecule has 0 radical (unpaired) electrons. The first-order chi connectivity index (χ1) is 19.6. The minimum Gasteiger partial charge on any atom is -0.395 e. The molecule has 10 nitrogen and oxygen atoms in total. The third-order valence-electron chi connectivity index (χ3n) is 6.49.